The second kappa shape index (κ2) is 6.95. The van der Waals surface area contributed by atoms with E-state index in [0.29, 0.717) is 11.9 Å². The number of nitrogens with zero attached hydrogens (tertiary/aromatic N) is 2. The largest absolute Gasteiger partial charge is 0.373 e. The van der Waals surface area contributed by atoms with Crippen LogP contribution in [0.4, 0.5) is 0 Å². The first-order valence-corrected chi connectivity index (χ1v) is 9.83. The summed E-state index contributed by atoms with van der Waals surface area (Å²) in [5.41, 5.74) is 3.16. The van der Waals surface area contributed by atoms with Crippen LogP contribution in [0.2, 0.25) is 0 Å². The molecule has 5 nitrogen and oxygen atoms in total. The first-order chi connectivity index (χ1) is 12.5. The predicted molar refractivity (Wildman–Crippen MR) is 106 cm³/mol. The van der Waals surface area contributed by atoms with Gasteiger partial charge in [0.2, 0.25) is 0 Å². The van der Waals surface area contributed by atoms with Gasteiger partial charge >= 0.3 is 0 Å². The Bertz CT molecular complexity index is 967. The number of aromatic amines is 1. The number of ether oxygens (including phenoxy) is 1. The van der Waals surface area contributed by atoms with E-state index in [4.69, 9.17) is 9.72 Å². The number of aromatic nitrogens is 2. The van der Waals surface area contributed by atoms with Crippen LogP contribution < -0.4 is 5.56 Å². The number of nitrogens with one attached hydrogen (secondary N) is 1. The Kier molecular flexibility index (Phi) is 4.65. The average Bonchev–Trinajstić information content (AvgIpc) is 2.99. The van der Waals surface area contributed by atoms with Gasteiger partial charge in [-0.1, -0.05) is 29.8 Å². The average molecular weight is 369 g/mol. The topological polar surface area (TPSA) is 58.2 Å². The minimum Gasteiger partial charge on any atom is -0.373 e. The molecular weight excluding hydrogens is 346 g/mol. The van der Waals surface area contributed by atoms with Crippen molar-refractivity contribution >= 4 is 21.6 Å². The first kappa shape index (κ1) is 17.4. The van der Waals surface area contributed by atoms with Crippen LogP contribution in [0.3, 0.4) is 0 Å². The third-order valence-corrected chi connectivity index (χ3v) is 5.60. The van der Waals surface area contributed by atoms with Crippen LogP contribution in [0.25, 0.3) is 21.3 Å². The molecule has 1 N–H and O–H groups in total. The number of fused-ring (bicyclic) bond motifs is 1. The Hall–Kier alpha value is -2.02. The van der Waals surface area contributed by atoms with Gasteiger partial charge in [-0.3, -0.25) is 9.69 Å². The maximum Gasteiger partial charge on any atom is 0.260 e. The summed E-state index contributed by atoms with van der Waals surface area (Å²) < 4.78 is 5.78. The van der Waals surface area contributed by atoms with Gasteiger partial charge < -0.3 is 9.72 Å². The summed E-state index contributed by atoms with van der Waals surface area (Å²) in [5, 5.41) is 2.71. The van der Waals surface area contributed by atoms with Crippen molar-refractivity contribution in [1.29, 1.82) is 0 Å². The van der Waals surface area contributed by atoms with Gasteiger partial charge in [-0.05, 0) is 26.3 Å². The molecule has 1 saturated heterocycles. The van der Waals surface area contributed by atoms with Crippen molar-refractivity contribution in [2.24, 2.45) is 0 Å². The molecule has 1 aromatic carbocycles. The van der Waals surface area contributed by atoms with Crippen molar-refractivity contribution in [3.8, 4) is 11.1 Å². The maximum atomic E-state index is 12.8. The zero-order chi connectivity index (χ0) is 18.3. The zero-order valence-corrected chi connectivity index (χ0v) is 16.1. The number of morpholine rings is 1. The smallest absolute Gasteiger partial charge is 0.260 e. The Morgan fingerprint density at radius 1 is 1.23 bits per heavy atom. The third kappa shape index (κ3) is 3.45. The third-order valence-electron chi connectivity index (χ3n) is 4.72. The molecule has 0 unspecified atom stereocenters. The molecule has 136 valence electrons. The van der Waals surface area contributed by atoms with E-state index in [0.717, 1.165) is 34.9 Å². The molecule has 1 aliphatic heterocycles. The van der Waals surface area contributed by atoms with E-state index in [1.165, 1.54) is 16.9 Å². The van der Waals surface area contributed by atoms with Crippen LogP contribution in [0, 0.1) is 6.92 Å². The van der Waals surface area contributed by atoms with E-state index < -0.39 is 0 Å². The van der Waals surface area contributed by atoms with Crippen molar-refractivity contribution in [3.63, 3.8) is 0 Å². The molecule has 3 heterocycles. The fourth-order valence-corrected chi connectivity index (χ4v) is 4.61. The van der Waals surface area contributed by atoms with Crippen LogP contribution in [0.15, 0.2) is 34.4 Å². The van der Waals surface area contributed by atoms with Gasteiger partial charge in [-0.25, -0.2) is 4.98 Å². The lowest BCUT2D eigenvalue weighted by Gasteiger charge is -2.34. The fraction of sp³-hybridized carbons (Fsp3) is 0.400. The predicted octanol–water partition coefficient (Wildman–Crippen LogP) is 3.57. The Balaban J connectivity index is 1.66. The second-order valence-electron chi connectivity index (χ2n) is 7.16. The van der Waals surface area contributed by atoms with Gasteiger partial charge in [0.05, 0.1) is 24.1 Å². The molecule has 4 rings (SSSR count). The standard InChI is InChI=1S/C20H23N3O2S/c1-12-4-6-15(7-5-12)16-11-26-20-18(16)19(24)21-17(22-20)10-23-8-13(2)25-14(3)9-23/h4-7,11,13-14H,8-10H2,1-3H3,(H,21,22,24)/t13-,14+. The molecule has 0 bridgehead atoms. The number of hydrogen-bond donors (Lipinski definition) is 1. The molecule has 3 aromatic rings. The van der Waals surface area contributed by atoms with Gasteiger partial charge in [0.25, 0.3) is 5.56 Å². The van der Waals surface area contributed by atoms with Crippen molar-refractivity contribution in [3.05, 3.63) is 51.4 Å². The van der Waals surface area contributed by atoms with Crippen LogP contribution in [0.1, 0.15) is 25.2 Å². The van der Waals surface area contributed by atoms with Gasteiger partial charge in [0.15, 0.2) is 0 Å². The summed E-state index contributed by atoms with van der Waals surface area (Å²) in [5.74, 6) is 0.723. The monoisotopic (exact) mass is 369 g/mol. The Morgan fingerprint density at radius 3 is 2.62 bits per heavy atom. The first-order valence-electron chi connectivity index (χ1n) is 8.95. The van der Waals surface area contributed by atoms with Gasteiger partial charge in [0, 0.05) is 24.0 Å². The molecule has 0 spiro atoms. The molecule has 1 fully saturated rings. The number of aryl methyl sites for hydroxylation is 1. The number of hydrogen-bond acceptors (Lipinski definition) is 5. The summed E-state index contributed by atoms with van der Waals surface area (Å²) >= 11 is 1.53. The highest BCUT2D eigenvalue weighted by Gasteiger charge is 2.23. The van der Waals surface area contributed by atoms with Crippen LogP contribution in [0.5, 0.6) is 0 Å². The summed E-state index contributed by atoms with van der Waals surface area (Å²) in [6, 6.07) is 8.24. The molecule has 0 radical (unpaired) electrons. The van der Waals surface area contributed by atoms with E-state index in [1.54, 1.807) is 0 Å². The lowest BCUT2D eigenvalue weighted by molar-refractivity contribution is -0.0710. The number of H-pyrrole nitrogens is 1. The number of benzene rings is 1. The molecule has 26 heavy (non-hydrogen) atoms. The fourth-order valence-electron chi connectivity index (χ4n) is 3.64. The van der Waals surface area contributed by atoms with E-state index in [-0.39, 0.29) is 17.8 Å². The minimum atomic E-state index is -0.0591. The summed E-state index contributed by atoms with van der Waals surface area (Å²) in [4.78, 5) is 23.6. The van der Waals surface area contributed by atoms with Crippen molar-refractivity contribution < 1.29 is 4.74 Å². The SMILES string of the molecule is Cc1ccc(-c2csc3nc(CN4C[C@@H](C)O[C@@H](C)C4)[nH]c(=O)c23)cc1. The molecule has 6 heteroatoms. The highest BCUT2D eigenvalue weighted by Crippen LogP contribution is 2.31. The highest BCUT2D eigenvalue weighted by molar-refractivity contribution is 7.17. The minimum absolute atomic E-state index is 0.0591. The van der Waals surface area contributed by atoms with E-state index in [9.17, 15) is 4.79 Å². The van der Waals surface area contributed by atoms with Gasteiger partial charge in [-0.15, -0.1) is 11.3 Å². The quantitative estimate of drug-likeness (QED) is 0.767. The van der Waals surface area contributed by atoms with Crippen molar-refractivity contribution in [2.75, 3.05) is 13.1 Å². The summed E-state index contributed by atoms with van der Waals surface area (Å²) in [6.07, 6.45) is 0.396. The summed E-state index contributed by atoms with van der Waals surface area (Å²) in [7, 11) is 0. The van der Waals surface area contributed by atoms with Crippen molar-refractivity contribution in [2.45, 2.75) is 39.5 Å². The van der Waals surface area contributed by atoms with Crippen molar-refractivity contribution in [1.82, 2.24) is 14.9 Å². The lowest BCUT2D eigenvalue weighted by Crippen LogP contribution is -2.45. The second-order valence-corrected chi connectivity index (χ2v) is 8.02. The molecule has 2 aromatic heterocycles. The van der Waals surface area contributed by atoms with Gasteiger partial charge in [0.1, 0.15) is 10.7 Å². The van der Waals surface area contributed by atoms with E-state index >= 15 is 0 Å². The normalized spacial score (nSPS) is 21.3. The zero-order valence-electron chi connectivity index (χ0n) is 15.3. The highest BCUT2D eigenvalue weighted by atomic mass is 32.1. The van der Waals surface area contributed by atoms with Crippen LogP contribution in [-0.4, -0.2) is 40.2 Å². The summed E-state index contributed by atoms with van der Waals surface area (Å²) in [6.45, 7) is 8.56. The van der Waals surface area contributed by atoms with Crippen LogP contribution in [-0.2, 0) is 11.3 Å². The molecule has 2 atom stereocenters. The van der Waals surface area contributed by atoms with E-state index in [2.05, 4.69) is 54.9 Å². The number of rotatable bonds is 3. The van der Waals surface area contributed by atoms with Crippen LogP contribution >= 0.6 is 11.3 Å². The molecule has 0 amide bonds. The Labute approximate surface area is 156 Å². The maximum absolute atomic E-state index is 12.8. The molecular formula is C20H23N3O2S. The molecule has 1 aliphatic rings. The van der Waals surface area contributed by atoms with E-state index in [1.807, 2.05) is 5.38 Å². The van der Waals surface area contributed by atoms with Gasteiger partial charge in [-0.2, -0.15) is 0 Å². The molecule has 0 saturated carbocycles. The Morgan fingerprint density at radius 2 is 1.92 bits per heavy atom. The molecule has 0 aliphatic carbocycles. The lowest BCUT2D eigenvalue weighted by atomic mass is 10.1. The number of thiophene rings is 1.